The first-order valence-electron chi connectivity index (χ1n) is 9.77. The number of nitrogens with zero attached hydrogens (tertiary/aromatic N) is 4. The predicted molar refractivity (Wildman–Crippen MR) is 112 cm³/mol. The van der Waals surface area contributed by atoms with Crippen molar-refractivity contribution in [3.05, 3.63) is 90.4 Å². The Labute approximate surface area is 168 Å². The summed E-state index contributed by atoms with van der Waals surface area (Å²) in [5, 5.41) is 2.97. The van der Waals surface area contributed by atoms with Crippen molar-refractivity contribution < 1.29 is 4.79 Å². The van der Waals surface area contributed by atoms with Crippen molar-refractivity contribution in [3.8, 4) is 11.3 Å². The van der Waals surface area contributed by atoms with Gasteiger partial charge in [-0.3, -0.25) is 4.79 Å². The third-order valence-electron chi connectivity index (χ3n) is 5.30. The van der Waals surface area contributed by atoms with Crippen LogP contribution in [0.25, 0.3) is 11.3 Å². The highest BCUT2D eigenvalue weighted by Gasteiger charge is 2.16. The molecule has 1 aliphatic rings. The second-order valence-electron chi connectivity index (χ2n) is 7.28. The summed E-state index contributed by atoms with van der Waals surface area (Å²) in [7, 11) is 0. The molecule has 6 heteroatoms. The summed E-state index contributed by atoms with van der Waals surface area (Å²) in [5.41, 5.74) is 4.80. The molecular formula is C23H21N5O. The van der Waals surface area contributed by atoms with Crippen LogP contribution in [-0.4, -0.2) is 25.0 Å². The molecule has 0 bridgehead atoms. The normalized spacial score (nSPS) is 12.7. The Hall–Kier alpha value is -3.67. The van der Waals surface area contributed by atoms with Crippen molar-refractivity contribution in [2.75, 3.05) is 5.32 Å². The van der Waals surface area contributed by atoms with E-state index < -0.39 is 0 Å². The molecule has 4 aromatic rings. The molecule has 1 N–H and O–H groups in total. The number of hydrogen-bond donors (Lipinski definition) is 1. The van der Waals surface area contributed by atoms with Crippen LogP contribution in [0.2, 0.25) is 0 Å². The van der Waals surface area contributed by atoms with Gasteiger partial charge < -0.3 is 14.5 Å². The van der Waals surface area contributed by atoms with Crippen molar-refractivity contribution in [1.29, 1.82) is 0 Å². The van der Waals surface area contributed by atoms with Gasteiger partial charge in [-0.05, 0) is 41.8 Å². The second-order valence-corrected chi connectivity index (χ2v) is 7.28. The molecule has 1 amide bonds. The van der Waals surface area contributed by atoms with Gasteiger partial charge in [-0.1, -0.05) is 24.3 Å². The molecule has 0 saturated carbocycles. The van der Waals surface area contributed by atoms with E-state index >= 15 is 0 Å². The van der Waals surface area contributed by atoms with E-state index in [2.05, 4.69) is 19.9 Å². The van der Waals surface area contributed by atoms with Crippen LogP contribution in [0.5, 0.6) is 0 Å². The summed E-state index contributed by atoms with van der Waals surface area (Å²) < 4.78 is 4.27. The Balaban J connectivity index is 1.25. The number of aromatic nitrogens is 4. The third kappa shape index (κ3) is 3.57. The van der Waals surface area contributed by atoms with Crippen LogP contribution in [-0.2, 0) is 19.5 Å². The van der Waals surface area contributed by atoms with Crippen LogP contribution in [0.1, 0.15) is 28.2 Å². The van der Waals surface area contributed by atoms with Gasteiger partial charge in [-0.2, -0.15) is 0 Å². The summed E-state index contributed by atoms with van der Waals surface area (Å²) >= 11 is 0. The van der Waals surface area contributed by atoms with Crippen molar-refractivity contribution in [2.45, 2.75) is 25.9 Å². The minimum atomic E-state index is -0.114. The Kier molecular flexibility index (Phi) is 4.44. The number of benzene rings is 2. The fraction of sp³-hybridized carbons (Fsp3) is 0.174. The summed E-state index contributed by atoms with van der Waals surface area (Å²) in [6.45, 7) is 1.77. The van der Waals surface area contributed by atoms with Gasteiger partial charge in [0.1, 0.15) is 5.82 Å². The molecule has 0 atom stereocenters. The maximum absolute atomic E-state index is 12.6. The molecule has 1 aliphatic heterocycles. The number of hydrogen-bond acceptors (Lipinski definition) is 3. The first kappa shape index (κ1) is 17.4. The van der Waals surface area contributed by atoms with E-state index in [0.29, 0.717) is 5.56 Å². The van der Waals surface area contributed by atoms with E-state index in [9.17, 15) is 4.79 Å². The largest absolute Gasteiger partial charge is 0.333 e. The number of imidazole rings is 2. The van der Waals surface area contributed by atoms with E-state index in [1.807, 2.05) is 65.5 Å². The fourth-order valence-corrected chi connectivity index (χ4v) is 3.77. The summed E-state index contributed by atoms with van der Waals surface area (Å²) in [4.78, 5) is 21.1. The van der Waals surface area contributed by atoms with Gasteiger partial charge in [0.25, 0.3) is 5.91 Å². The van der Waals surface area contributed by atoms with E-state index in [4.69, 9.17) is 0 Å². The zero-order valence-corrected chi connectivity index (χ0v) is 16.0. The predicted octanol–water partition coefficient (Wildman–Crippen LogP) is 3.99. The van der Waals surface area contributed by atoms with Crippen LogP contribution < -0.4 is 5.32 Å². The lowest BCUT2D eigenvalue weighted by atomic mass is 10.1. The lowest BCUT2D eigenvalue weighted by molar-refractivity contribution is 0.102. The number of nitrogens with one attached hydrogen (secondary N) is 1. The van der Waals surface area contributed by atoms with Gasteiger partial charge >= 0.3 is 0 Å². The SMILES string of the molecule is O=C(Nc1ccc(-c2cnc3n2CCC3)cc1)c1ccc(Cn2ccnc2)cc1. The number of carbonyl (C=O) groups is 1. The van der Waals surface area contributed by atoms with Crippen molar-refractivity contribution in [3.63, 3.8) is 0 Å². The zero-order valence-electron chi connectivity index (χ0n) is 16.0. The molecule has 0 radical (unpaired) electrons. The minimum absolute atomic E-state index is 0.114. The molecule has 144 valence electrons. The minimum Gasteiger partial charge on any atom is -0.333 e. The Bertz CT molecular complexity index is 1130. The summed E-state index contributed by atoms with van der Waals surface area (Å²) in [5.74, 6) is 1.05. The quantitative estimate of drug-likeness (QED) is 0.567. The molecule has 2 aromatic heterocycles. The number of fused-ring (bicyclic) bond motifs is 1. The molecule has 0 unspecified atom stereocenters. The standard InChI is InChI=1S/C23H21N5O/c29-23(19-5-3-17(4-6-19)15-27-13-11-24-16-27)26-20-9-7-18(8-10-20)21-14-25-22-2-1-12-28(21)22/h3-11,13-14,16H,1-2,12,15H2,(H,26,29). The first-order chi connectivity index (χ1) is 14.3. The van der Waals surface area contributed by atoms with Gasteiger partial charge in [0.15, 0.2) is 0 Å². The highest BCUT2D eigenvalue weighted by molar-refractivity contribution is 6.04. The second kappa shape index (κ2) is 7.39. The number of aryl methyl sites for hydroxylation is 1. The van der Waals surface area contributed by atoms with E-state index in [-0.39, 0.29) is 5.91 Å². The molecule has 0 aliphatic carbocycles. The van der Waals surface area contributed by atoms with Crippen LogP contribution in [0.15, 0.2) is 73.4 Å². The Morgan fingerprint density at radius 1 is 1.07 bits per heavy atom. The summed E-state index contributed by atoms with van der Waals surface area (Å²) in [6.07, 6.45) is 9.60. The van der Waals surface area contributed by atoms with E-state index in [1.54, 1.807) is 12.5 Å². The van der Waals surface area contributed by atoms with Crippen LogP contribution >= 0.6 is 0 Å². The lowest BCUT2D eigenvalue weighted by Gasteiger charge is -2.09. The molecule has 6 nitrogen and oxygen atoms in total. The Morgan fingerprint density at radius 3 is 2.66 bits per heavy atom. The van der Waals surface area contributed by atoms with Crippen LogP contribution in [0.3, 0.4) is 0 Å². The van der Waals surface area contributed by atoms with Gasteiger partial charge in [0.05, 0.1) is 18.2 Å². The van der Waals surface area contributed by atoms with Crippen molar-refractivity contribution in [2.24, 2.45) is 0 Å². The number of carbonyl (C=O) groups excluding carboxylic acids is 1. The topological polar surface area (TPSA) is 64.7 Å². The van der Waals surface area contributed by atoms with Gasteiger partial charge in [0, 0.05) is 43.2 Å². The molecule has 0 saturated heterocycles. The average Bonchev–Trinajstić information content (AvgIpc) is 3.48. The number of rotatable bonds is 5. The molecule has 29 heavy (non-hydrogen) atoms. The molecule has 2 aromatic carbocycles. The van der Waals surface area contributed by atoms with Crippen LogP contribution in [0.4, 0.5) is 5.69 Å². The maximum Gasteiger partial charge on any atom is 0.255 e. The highest BCUT2D eigenvalue weighted by atomic mass is 16.1. The van der Waals surface area contributed by atoms with Crippen molar-refractivity contribution in [1.82, 2.24) is 19.1 Å². The molecule has 5 rings (SSSR count). The van der Waals surface area contributed by atoms with Gasteiger partial charge in [-0.15, -0.1) is 0 Å². The molecular weight excluding hydrogens is 362 g/mol. The van der Waals surface area contributed by atoms with E-state index in [0.717, 1.165) is 54.3 Å². The zero-order chi connectivity index (χ0) is 19.6. The van der Waals surface area contributed by atoms with Crippen molar-refractivity contribution >= 4 is 11.6 Å². The molecule has 0 fully saturated rings. The number of amides is 1. The maximum atomic E-state index is 12.6. The van der Waals surface area contributed by atoms with Gasteiger partial charge in [0.2, 0.25) is 0 Å². The molecule has 0 spiro atoms. The number of anilines is 1. The van der Waals surface area contributed by atoms with Gasteiger partial charge in [-0.25, -0.2) is 9.97 Å². The monoisotopic (exact) mass is 383 g/mol. The fourth-order valence-electron chi connectivity index (χ4n) is 3.77. The molecule has 3 heterocycles. The average molecular weight is 383 g/mol. The first-order valence-corrected chi connectivity index (χ1v) is 9.77. The lowest BCUT2D eigenvalue weighted by Crippen LogP contribution is -2.12. The highest BCUT2D eigenvalue weighted by Crippen LogP contribution is 2.26. The van der Waals surface area contributed by atoms with E-state index in [1.165, 1.54) is 0 Å². The Morgan fingerprint density at radius 2 is 1.90 bits per heavy atom. The van der Waals surface area contributed by atoms with Crippen LogP contribution in [0, 0.1) is 0 Å². The smallest absolute Gasteiger partial charge is 0.255 e. The third-order valence-corrected chi connectivity index (χ3v) is 5.30. The summed E-state index contributed by atoms with van der Waals surface area (Å²) in [6, 6.07) is 15.6.